The second-order valence-corrected chi connectivity index (χ2v) is 9.41. The number of rotatable bonds is 2. The lowest BCUT2D eigenvalue weighted by Gasteiger charge is -2.17. The smallest absolute Gasteiger partial charge is 0.147 e. The normalized spacial score (nSPS) is 16.9. The molecular formula is C38H22O2. The maximum atomic E-state index is 9.13. The average molecular weight is 525 g/mol. The fourth-order valence-electron chi connectivity index (χ4n) is 5.68. The molecule has 0 saturated heterocycles. The highest BCUT2D eigenvalue weighted by Gasteiger charge is 2.19. The molecule has 40 heavy (non-hydrogen) atoms. The summed E-state index contributed by atoms with van der Waals surface area (Å²) in [5.74, 6) is 0. The summed E-state index contributed by atoms with van der Waals surface area (Å²) in [4.78, 5) is 0. The van der Waals surface area contributed by atoms with Crippen molar-refractivity contribution in [3.05, 3.63) is 133 Å². The number of para-hydroxylation sites is 1. The van der Waals surface area contributed by atoms with Gasteiger partial charge in [0.1, 0.15) is 22.3 Å². The molecule has 2 heterocycles. The molecule has 7 aromatic carbocycles. The summed E-state index contributed by atoms with van der Waals surface area (Å²) >= 11 is 0. The van der Waals surface area contributed by atoms with Gasteiger partial charge in [-0.05, 0) is 74.0 Å². The summed E-state index contributed by atoms with van der Waals surface area (Å²) < 4.78 is 132. The summed E-state index contributed by atoms with van der Waals surface area (Å²) in [5.41, 5.74) is 1.31. The highest BCUT2D eigenvalue weighted by atomic mass is 16.3. The molecule has 0 unspecified atom stereocenters. The molecule has 9 rings (SSSR count). The fraction of sp³-hybridized carbons (Fsp3) is 0. The van der Waals surface area contributed by atoms with Crippen molar-refractivity contribution in [1.29, 1.82) is 0 Å². The molecule has 0 aliphatic rings. The predicted molar refractivity (Wildman–Crippen MR) is 167 cm³/mol. The van der Waals surface area contributed by atoms with Gasteiger partial charge in [-0.25, -0.2) is 0 Å². The number of benzene rings is 7. The molecule has 0 spiro atoms. The van der Waals surface area contributed by atoms with Crippen LogP contribution in [0.15, 0.2) is 142 Å². The summed E-state index contributed by atoms with van der Waals surface area (Å²) in [5, 5.41) is 2.04. The van der Waals surface area contributed by atoms with Crippen LogP contribution >= 0.6 is 0 Å². The molecule has 0 atom stereocenters. The van der Waals surface area contributed by atoms with Gasteiger partial charge in [0.05, 0.1) is 24.6 Å². The SMILES string of the molecule is [2H]c1cc2c(-c3cc([2H])c([2H])c([2H])c3)c3cc([2H])c([2H])cc3c(-c3cc([2H])c4oc5c([2H])c([2H])c6c(oc7c([2H])c([2H])c([2H])c([2H])c76)c5c4c3)c2cc1[2H]. The minimum absolute atomic E-state index is 0.0146. The fourth-order valence-corrected chi connectivity index (χ4v) is 5.68. The van der Waals surface area contributed by atoms with E-state index < -0.39 is 24.2 Å². The zero-order chi connectivity index (χ0) is 38.4. The topological polar surface area (TPSA) is 26.3 Å². The van der Waals surface area contributed by atoms with Gasteiger partial charge in [0.2, 0.25) is 0 Å². The van der Waals surface area contributed by atoms with E-state index in [1.165, 1.54) is 42.5 Å². The average Bonchev–Trinajstić information content (AvgIpc) is 3.72. The maximum Gasteiger partial charge on any atom is 0.147 e. The quantitative estimate of drug-likeness (QED) is 0.210. The number of furan rings is 2. The van der Waals surface area contributed by atoms with Gasteiger partial charge in [-0.1, -0.05) is 103 Å². The Morgan fingerprint density at radius 1 is 0.400 bits per heavy atom. The highest BCUT2D eigenvalue weighted by molar-refractivity contribution is 6.24. The van der Waals surface area contributed by atoms with E-state index in [4.69, 9.17) is 28.0 Å². The third kappa shape index (κ3) is 2.93. The van der Waals surface area contributed by atoms with E-state index in [-0.39, 0.29) is 104 Å². The maximum absolute atomic E-state index is 9.13. The first-order valence-electron chi connectivity index (χ1n) is 19.4. The van der Waals surface area contributed by atoms with Gasteiger partial charge < -0.3 is 8.83 Å². The van der Waals surface area contributed by atoms with Crippen LogP contribution in [0.3, 0.4) is 0 Å². The number of fused-ring (bicyclic) bond motifs is 9. The Labute approximate surface area is 249 Å². The first-order chi connectivity index (χ1) is 25.6. The minimum Gasteiger partial charge on any atom is -0.456 e. The van der Waals surface area contributed by atoms with E-state index in [1.807, 2.05) is 0 Å². The molecule has 2 nitrogen and oxygen atoms in total. The van der Waals surface area contributed by atoms with Crippen molar-refractivity contribution in [2.75, 3.05) is 0 Å². The molecule has 2 aromatic heterocycles. The lowest BCUT2D eigenvalue weighted by molar-refractivity contribution is 0.663. The van der Waals surface area contributed by atoms with Crippen molar-refractivity contribution in [2.45, 2.75) is 0 Å². The van der Waals surface area contributed by atoms with Crippen LogP contribution in [0, 0.1) is 0 Å². The lowest BCUT2D eigenvalue weighted by Crippen LogP contribution is -1.90. The first-order valence-corrected chi connectivity index (χ1v) is 12.4. The third-order valence-electron chi connectivity index (χ3n) is 7.33. The van der Waals surface area contributed by atoms with Gasteiger partial charge >= 0.3 is 0 Å². The van der Waals surface area contributed by atoms with Crippen LogP contribution in [0.1, 0.15) is 19.2 Å². The van der Waals surface area contributed by atoms with Crippen LogP contribution < -0.4 is 0 Å². The number of hydrogen-bond donors (Lipinski definition) is 0. The Balaban J connectivity index is 1.48. The second kappa shape index (κ2) is 8.08. The van der Waals surface area contributed by atoms with Crippen molar-refractivity contribution in [1.82, 2.24) is 0 Å². The van der Waals surface area contributed by atoms with Crippen molar-refractivity contribution in [3.8, 4) is 22.3 Å². The first kappa shape index (κ1) is 12.2. The second-order valence-electron chi connectivity index (χ2n) is 9.41. The molecule has 0 N–H and O–H groups in total. The monoisotopic (exact) mass is 524 g/mol. The Bertz CT molecular complexity index is 3120. The van der Waals surface area contributed by atoms with Crippen molar-refractivity contribution in [2.24, 2.45) is 0 Å². The van der Waals surface area contributed by atoms with Crippen LogP contribution in [0.2, 0.25) is 0 Å². The molecule has 0 bridgehead atoms. The van der Waals surface area contributed by atoms with Gasteiger partial charge in [0.15, 0.2) is 0 Å². The predicted octanol–water partition coefficient (Wildman–Crippen LogP) is 11.1. The highest BCUT2D eigenvalue weighted by Crippen LogP contribution is 2.45. The van der Waals surface area contributed by atoms with Crippen molar-refractivity contribution in [3.63, 3.8) is 0 Å². The standard InChI is InChI=1S/C38H22O2/c1-2-10-23(11-3-1)35-26-13-4-6-15-28(26)36(29-16-7-5-14-27(29)35)24-18-20-33-31(22-24)37-34(39-33)21-19-30-25-12-8-9-17-32(25)40-38(30)37/h1-22H/i1D,2D,3D,4D,5D,6D,7D,8D,9D,12D,17D,19D,20D,21D. The van der Waals surface area contributed by atoms with Gasteiger partial charge in [-0.2, -0.15) is 0 Å². The third-order valence-corrected chi connectivity index (χ3v) is 7.33. The zero-order valence-electron chi connectivity index (χ0n) is 34.4. The summed E-state index contributed by atoms with van der Waals surface area (Å²) in [6.45, 7) is 0. The van der Waals surface area contributed by atoms with Gasteiger partial charge in [-0.3, -0.25) is 0 Å². The Morgan fingerprint density at radius 2 is 1.02 bits per heavy atom. The molecule has 0 amide bonds. The van der Waals surface area contributed by atoms with Gasteiger partial charge in [0.25, 0.3) is 0 Å². The van der Waals surface area contributed by atoms with Crippen molar-refractivity contribution < 1.29 is 28.0 Å². The van der Waals surface area contributed by atoms with Crippen LogP contribution in [0.25, 0.3) is 87.7 Å². The summed E-state index contributed by atoms with van der Waals surface area (Å²) in [6, 6.07) is 7.85. The van der Waals surface area contributed by atoms with E-state index in [1.54, 1.807) is 6.07 Å². The molecule has 0 saturated carbocycles. The summed E-state index contributed by atoms with van der Waals surface area (Å²) in [6.07, 6.45) is 0. The molecule has 186 valence electrons. The molecule has 0 aliphatic heterocycles. The molecule has 0 aliphatic carbocycles. The van der Waals surface area contributed by atoms with E-state index in [9.17, 15) is 0 Å². The zero-order valence-corrected chi connectivity index (χ0v) is 20.4. The van der Waals surface area contributed by atoms with E-state index in [0.29, 0.717) is 43.8 Å². The van der Waals surface area contributed by atoms with Crippen LogP contribution in [0.5, 0.6) is 0 Å². The molecule has 0 fully saturated rings. The van der Waals surface area contributed by atoms with Crippen LogP contribution in [0.4, 0.5) is 0 Å². The minimum atomic E-state index is -0.529. The van der Waals surface area contributed by atoms with Crippen LogP contribution in [-0.4, -0.2) is 0 Å². The van der Waals surface area contributed by atoms with E-state index in [0.717, 1.165) is 0 Å². The van der Waals surface area contributed by atoms with E-state index >= 15 is 0 Å². The van der Waals surface area contributed by atoms with Gasteiger partial charge in [0, 0.05) is 16.2 Å². The Hall–Kier alpha value is -5.34. The molecular weight excluding hydrogens is 488 g/mol. The summed E-state index contributed by atoms with van der Waals surface area (Å²) in [7, 11) is 0. The molecule has 9 aromatic rings. The van der Waals surface area contributed by atoms with E-state index in [2.05, 4.69) is 0 Å². The Kier molecular flexibility index (Phi) is 2.47. The van der Waals surface area contributed by atoms with Crippen molar-refractivity contribution >= 4 is 65.4 Å². The van der Waals surface area contributed by atoms with Gasteiger partial charge in [-0.15, -0.1) is 0 Å². The molecule has 2 heteroatoms. The van der Waals surface area contributed by atoms with Crippen LogP contribution in [-0.2, 0) is 0 Å². The number of hydrogen-bond acceptors (Lipinski definition) is 2. The molecule has 0 radical (unpaired) electrons. The Morgan fingerprint density at radius 3 is 1.75 bits per heavy atom. The largest absolute Gasteiger partial charge is 0.456 e. The lowest BCUT2D eigenvalue weighted by atomic mass is 9.86.